The highest BCUT2D eigenvalue weighted by Crippen LogP contribution is 2.38. The van der Waals surface area contributed by atoms with Crippen molar-refractivity contribution in [1.29, 1.82) is 0 Å². The summed E-state index contributed by atoms with van der Waals surface area (Å²) in [5.41, 5.74) is 1.43. The summed E-state index contributed by atoms with van der Waals surface area (Å²) in [4.78, 5) is 4.06. The first kappa shape index (κ1) is 10.3. The Morgan fingerprint density at radius 1 is 1.25 bits per heavy atom. The summed E-state index contributed by atoms with van der Waals surface area (Å²) in [5.74, 6) is 1.96. The van der Waals surface area contributed by atoms with Gasteiger partial charge in [-0.25, -0.2) is 0 Å². The van der Waals surface area contributed by atoms with Gasteiger partial charge in [0.1, 0.15) is 0 Å². The highest BCUT2D eigenvalue weighted by molar-refractivity contribution is 5.10. The van der Waals surface area contributed by atoms with Crippen LogP contribution in [-0.4, -0.2) is 17.6 Å². The molecule has 2 heterocycles. The smallest absolute Gasteiger partial charge is 0.0270 e. The van der Waals surface area contributed by atoms with Crippen molar-refractivity contribution in [3.63, 3.8) is 0 Å². The number of hydrogen-bond donors (Lipinski definition) is 1. The monoisotopic (exact) mass is 216 g/mol. The van der Waals surface area contributed by atoms with Crippen molar-refractivity contribution < 1.29 is 0 Å². The lowest BCUT2D eigenvalue weighted by molar-refractivity contribution is 0.393. The molecule has 0 spiro atoms. The highest BCUT2D eigenvalue weighted by Gasteiger charge is 2.38. The molecule has 2 fully saturated rings. The van der Waals surface area contributed by atoms with Gasteiger partial charge in [0.25, 0.3) is 0 Å². The molecule has 1 saturated heterocycles. The van der Waals surface area contributed by atoms with Crippen LogP contribution >= 0.6 is 0 Å². The van der Waals surface area contributed by atoms with Gasteiger partial charge in [0.05, 0.1) is 0 Å². The van der Waals surface area contributed by atoms with E-state index in [2.05, 4.69) is 22.4 Å². The summed E-state index contributed by atoms with van der Waals surface area (Å²) >= 11 is 0. The van der Waals surface area contributed by atoms with Gasteiger partial charge in [-0.1, -0.05) is 6.42 Å². The van der Waals surface area contributed by atoms with Gasteiger partial charge in [0.2, 0.25) is 0 Å². The molecule has 3 rings (SSSR count). The predicted molar refractivity (Wildman–Crippen MR) is 65.2 cm³/mol. The normalized spacial score (nSPS) is 32.9. The fourth-order valence-corrected chi connectivity index (χ4v) is 3.49. The SMILES string of the molecule is c1cc(CCC2NCC3CCCC32)ccn1. The molecule has 1 aromatic heterocycles. The average molecular weight is 216 g/mol. The Labute approximate surface area is 97.5 Å². The third-order valence-electron chi connectivity index (χ3n) is 4.37. The topological polar surface area (TPSA) is 24.9 Å². The largest absolute Gasteiger partial charge is 0.313 e. The zero-order chi connectivity index (χ0) is 10.8. The van der Waals surface area contributed by atoms with Gasteiger partial charge in [0.15, 0.2) is 0 Å². The molecule has 3 atom stereocenters. The van der Waals surface area contributed by atoms with Crippen molar-refractivity contribution >= 4 is 0 Å². The summed E-state index contributed by atoms with van der Waals surface area (Å²) in [6.07, 6.45) is 10.7. The van der Waals surface area contributed by atoms with Crippen LogP contribution in [0.5, 0.6) is 0 Å². The summed E-state index contributed by atoms with van der Waals surface area (Å²) < 4.78 is 0. The van der Waals surface area contributed by atoms with Crippen molar-refractivity contribution in [2.45, 2.75) is 38.1 Å². The Morgan fingerprint density at radius 3 is 3.00 bits per heavy atom. The second-order valence-corrected chi connectivity index (χ2v) is 5.26. The second kappa shape index (κ2) is 4.54. The summed E-state index contributed by atoms with van der Waals surface area (Å²) in [6.45, 7) is 1.27. The number of hydrogen-bond acceptors (Lipinski definition) is 2. The van der Waals surface area contributed by atoms with Crippen LogP contribution in [0.4, 0.5) is 0 Å². The average Bonchev–Trinajstić information content (AvgIpc) is 2.90. The van der Waals surface area contributed by atoms with Gasteiger partial charge in [-0.2, -0.15) is 0 Å². The van der Waals surface area contributed by atoms with Gasteiger partial charge in [0, 0.05) is 18.4 Å². The molecule has 0 bridgehead atoms. The van der Waals surface area contributed by atoms with Gasteiger partial charge >= 0.3 is 0 Å². The maximum atomic E-state index is 4.06. The molecular weight excluding hydrogens is 196 g/mol. The Morgan fingerprint density at radius 2 is 2.12 bits per heavy atom. The molecule has 2 aliphatic rings. The third kappa shape index (κ3) is 1.99. The fraction of sp³-hybridized carbons (Fsp3) is 0.643. The summed E-state index contributed by atoms with van der Waals surface area (Å²) in [5, 5.41) is 3.71. The van der Waals surface area contributed by atoms with Crippen LogP contribution in [0.15, 0.2) is 24.5 Å². The number of nitrogens with zero attached hydrogens (tertiary/aromatic N) is 1. The number of aryl methyl sites for hydroxylation is 1. The number of fused-ring (bicyclic) bond motifs is 1. The predicted octanol–water partition coefficient (Wildman–Crippen LogP) is 2.40. The maximum Gasteiger partial charge on any atom is 0.0270 e. The van der Waals surface area contributed by atoms with Crippen LogP contribution in [0.2, 0.25) is 0 Å². The molecule has 2 nitrogen and oxygen atoms in total. The first-order valence-electron chi connectivity index (χ1n) is 6.56. The highest BCUT2D eigenvalue weighted by atomic mass is 15.0. The van der Waals surface area contributed by atoms with Crippen molar-refractivity contribution in [1.82, 2.24) is 10.3 Å². The minimum absolute atomic E-state index is 0.778. The lowest BCUT2D eigenvalue weighted by atomic mass is 9.90. The quantitative estimate of drug-likeness (QED) is 0.839. The van der Waals surface area contributed by atoms with Crippen LogP contribution in [-0.2, 0) is 6.42 Å². The standard InChI is InChI=1S/C14H20N2/c1-2-12-10-16-14(13(12)3-1)5-4-11-6-8-15-9-7-11/h6-9,12-14,16H,1-5,10H2. The molecule has 1 aliphatic heterocycles. The van der Waals surface area contributed by atoms with E-state index in [0.717, 1.165) is 17.9 Å². The summed E-state index contributed by atoms with van der Waals surface area (Å²) in [6, 6.07) is 5.06. The third-order valence-corrected chi connectivity index (χ3v) is 4.37. The molecule has 1 N–H and O–H groups in total. The molecule has 0 aromatic carbocycles. The zero-order valence-electron chi connectivity index (χ0n) is 9.73. The van der Waals surface area contributed by atoms with E-state index in [9.17, 15) is 0 Å². The summed E-state index contributed by atoms with van der Waals surface area (Å²) in [7, 11) is 0. The molecule has 0 amide bonds. The van der Waals surface area contributed by atoms with Crippen LogP contribution in [0, 0.1) is 11.8 Å². The van der Waals surface area contributed by atoms with Crippen molar-refractivity contribution in [2.75, 3.05) is 6.54 Å². The van der Waals surface area contributed by atoms with Crippen molar-refractivity contribution in [3.05, 3.63) is 30.1 Å². The maximum absolute atomic E-state index is 4.06. The second-order valence-electron chi connectivity index (χ2n) is 5.26. The van der Waals surface area contributed by atoms with Crippen LogP contribution in [0.3, 0.4) is 0 Å². The molecule has 1 aromatic rings. The minimum Gasteiger partial charge on any atom is -0.313 e. The Hall–Kier alpha value is -0.890. The molecule has 16 heavy (non-hydrogen) atoms. The van der Waals surface area contributed by atoms with Crippen LogP contribution < -0.4 is 5.32 Å². The van der Waals surface area contributed by atoms with Crippen LogP contribution in [0.1, 0.15) is 31.2 Å². The van der Waals surface area contributed by atoms with E-state index in [1.165, 1.54) is 44.2 Å². The van der Waals surface area contributed by atoms with E-state index in [4.69, 9.17) is 0 Å². The van der Waals surface area contributed by atoms with E-state index < -0.39 is 0 Å². The first-order valence-corrected chi connectivity index (χ1v) is 6.56. The number of nitrogens with one attached hydrogen (secondary N) is 1. The van der Waals surface area contributed by atoms with E-state index >= 15 is 0 Å². The lowest BCUT2D eigenvalue weighted by Crippen LogP contribution is -2.27. The molecule has 1 saturated carbocycles. The van der Waals surface area contributed by atoms with E-state index in [1.807, 2.05) is 12.4 Å². The molecule has 3 unspecified atom stereocenters. The number of aromatic nitrogens is 1. The van der Waals surface area contributed by atoms with Crippen molar-refractivity contribution in [3.8, 4) is 0 Å². The molecule has 0 radical (unpaired) electrons. The Bertz CT molecular complexity index is 336. The van der Waals surface area contributed by atoms with Gasteiger partial charge in [-0.15, -0.1) is 0 Å². The molecule has 1 aliphatic carbocycles. The lowest BCUT2D eigenvalue weighted by Gasteiger charge is -2.17. The van der Waals surface area contributed by atoms with E-state index in [1.54, 1.807) is 0 Å². The Kier molecular flexibility index (Phi) is 2.92. The van der Waals surface area contributed by atoms with Gasteiger partial charge in [-0.3, -0.25) is 4.98 Å². The molecule has 2 heteroatoms. The van der Waals surface area contributed by atoms with Gasteiger partial charge in [-0.05, 0) is 61.8 Å². The minimum atomic E-state index is 0.778. The Balaban J connectivity index is 1.56. The van der Waals surface area contributed by atoms with Gasteiger partial charge < -0.3 is 5.32 Å². The number of rotatable bonds is 3. The fourth-order valence-electron chi connectivity index (χ4n) is 3.49. The number of pyridine rings is 1. The first-order chi connectivity index (χ1) is 7.93. The van der Waals surface area contributed by atoms with E-state index in [-0.39, 0.29) is 0 Å². The van der Waals surface area contributed by atoms with E-state index in [0.29, 0.717) is 0 Å². The zero-order valence-corrected chi connectivity index (χ0v) is 9.73. The van der Waals surface area contributed by atoms with Crippen LogP contribution in [0.25, 0.3) is 0 Å². The van der Waals surface area contributed by atoms with Crippen molar-refractivity contribution in [2.24, 2.45) is 11.8 Å². The molecule has 86 valence electrons. The molecular formula is C14H20N2.